The van der Waals surface area contributed by atoms with Gasteiger partial charge in [0.05, 0.1) is 18.0 Å². The average Bonchev–Trinajstić information content (AvgIpc) is 3.34. The van der Waals surface area contributed by atoms with Crippen LogP contribution in [-0.2, 0) is 11.3 Å². The number of nitrogens with zero attached hydrogens (tertiary/aromatic N) is 2. The third-order valence-electron chi connectivity index (χ3n) is 5.73. The summed E-state index contributed by atoms with van der Waals surface area (Å²) >= 11 is 0. The van der Waals surface area contributed by atoms with E-state index < -0.39 is 10.9 Å². The van der Waals surface area contributed by atoms with Crippen molar-refractivity contribution in [3.8, 4) is 11.3 Å². The van der Waals surface area contributed by atoms with Crippen molar-refractivity contribution in [2.45, 2.75) is 44.3 Å². The summed E-state index contributed by atoms with van der Waals surface area (Å²) in [5.41, 5.74) is 0.717. The molecule has 0 unspecified atom stereocenters. The molecule has 0 amide bonds. The Morgan fingerprint density at radius 3 is 2.76 bits per heavy atom. The second-order valence-electron chi connectivity index (χ2n) is 8.04. The van der Waals surface area contributed by atoms with E-state index in [-0.39, 0.29) is 12.2 Å². The van der Waals surface area contributed by atoms with Crippen molar-refractivity contribution in [3.63, 3.8) is 0 Å². The van der Waals surface area contributed by atoms with E-state index in [4.69, 9.17) is 9.52 Å². The number of carboxylic acid groups (broad SMARTS) is 1. The Labute approximate surface area is 168 Å². The van der Waals surface area contributed by atoms with Crippen molar-refractivity contribution < 1.29 is 19.2 Å². The predicted octanol–water partition coefficient (Wildman–Crippen LogP) is 3.27. The average molecular weight is 399 g/mol. The summed E-state index contributed by atoms with van der Waals surface area (Å²) in [4.78, 5) is 23.7. The highest BCUT2D eigenvalue weighted by Gasteiger charge is 2.36. The Bertz CT molecular complexity index is 886. The zero-order valence-corrected chi connectivity index (χ0v) is 16.1. The second kappa shape index (κ2) is 8.34. The molecule has 29 heavy (non-hydrogen) atoms. The molecule has 1 aromatic heterocycles. The smallest absolute Gasteiger partial charge is 0.317 e. The normalized spacial score (nSPS) is 21.1. The van der Waals surface area contributed by atoms with Gasteiger partial charge in [0.25, 0.3) is 5.69 Å². The molecule has 0 spiro atoms. The van der Waals surface area contributed by atoms with Gasteiger partial charge in [-0.05, 0) is 43.7 Å². The minimum atomic E-state index is -0.758. The molecule has 2 N–H and O–H groups in total. The number of benzene rings is 1. The van der Waals surface area contributed by atoms with Crippen molar-refractivity contribution in [1.29, 1.82) is 0 Å². The first-order valence-electron chi connectivity index (χ1n) is 10.0. The fraction of sp³-hybridized carbons (Fsp3) is 0.476. The van der Waals surface area contributed by atoms with E-state index in [0.717, 1.165) is 25.1 Å². The molecule has 0 atom stereocenters. The number of non-ortho nitro benzene ring substituents is 1. The quantitative estimate of drug-likeness (QED) is 0.466. The minimum absolute atomic E-state index is 0.0381. The number of nitro groups is 1. The van der Waals surface area contributed by atoms with Gasteiger partial charge in [0.1, 0.15) is 11.5 Å². The maximum absolute atomic E-state index is 11.1. The Morgan fingerprint density at radius 1 is 1.28 bits per heavy atom. The largest absolute Gasteiger partial charge is 0.480 e. The molecule has 8 heteroatoms. The van der Waals surface area contributed by atoms with E-state index in [1.165, 1.54) is 25.0 Å². The lowest BCUT2D eigenvalue weighted by Gasteiger charge is -2.42. The molecular formula is C21H25N3O5. The molecule has 2 fully saturated rings. The number of aliphatic carboxylic acids is 1. The van der Waals surface area contributed by atoms with E-state index in [1.54, 1.807) is 12.1 Å². The van der Waals surface area contributed by atoms with Gasteiger partial charge in [-0.25, -0.2) is 0 Å². The van der Waals surface area contributed by atoms with E-state index >= 15 is 0 Å². The summed E-state index contributed by atoms with van der Waals surface area (Å²) in [6.07, 6.45) is 4.32. The van der Waals surface area contributed by atoms with E-state index in [1.807, 2.05) is 12.1 Å². The van der Waals surface area contributed by atoms with E-state index in [0.29, 0.717) is 35.9 Å². The Kier molecular flexibility index (Phi) is 5.64. The lowest BCUT2D eigenvalue weighted by molar-refractivity contribution is -0.384. The fourth-order valence-corrected chi connectivity index (χ4v) is 3.85. The lowest BCUT2D eigenvalue weighted by atomic mass is 9.85. The number of hydrogen-bond donors (Lipinski definition) is 2. The van der Waals surface area contributed by atoms with Crippen LogP contribution in [-0.4, -0.2) is 46.1 Å². The van der Waals surface area contributed by atoms with Crippen LogP contribution in [0.15, 0.2) is 40.8 Å². The van der Waals surface area contributed by atoms with Crippen LogP contribution < -0.4 is 5.32 Å². The van der Waals surface area contributed by atoms with Crippen molar-refractivity contribution >= 4 is 11.7 Å². The first kappa shape index (κ1) is 19.6. The molecule has 2 aliphatic rings. The number of carbonyl (C=O) groups is 1. The van der Waals surface area contributed by atoms with Crippen molar-refractivity contribution in [2.24, 2.45) is 5.92 Å². The van der Waals surface area contributed by atoms with Gasteiger partial charge in [-0.2, -0.15) is 0 Å². The predicted molar refractivity (Wildman–Crippen MR) is 106 cm³/mol. The van der Waals surface area contributed by atoms with Crippen LogP contribution >= 0.6 is 0 Å². The summed E-state index contributed by atoms with van der Waals surface area (Å²) in [5.74, 6) is 1.30. The van der Waals surface area contributed by atoms with Gasteiger partial charge in [-0.15, -0.1) is 0 Å². The van der Waals surface area contributed by atoms with Crippen molar-refractivity contribution in [3.05, 3.63) is 52.3 Å². The van der Waals surface area contributed by atoms with E-state index in [2.05, 4.69) is 10.2 Å². The van der Waals surface area contributed by atoms with Gasteiger partial charge >= 0.3 is 5.97 Å². The third kappa shape index (κ3) is 5.02. The summed E-state index contributed by atoms with van der Waals surface area (Å²) < 4.78 is 5.84. The zero-order valence-electron chi connectivity index (χ0n) is 16.1. The zero-order chi connectivity index (χ0) is 20.4. The third-order valence-corrected chi connectivity index (χ3v) is 5.73. The van der Waals surface area contributed by atoms with Crippen LogP contribution in [0.2, 0.25) is 0 Å². The molecule has 8 nitrogen and oxygen atoms in total. The topological polar surface area (TPSA) is 109 Å². The number of nitrogens with one attached hydrogen (secondary N) is 1. The maximum atomic E-state index is 11.1. The molecule has 154 valence electrons. The lowest BCUT2D eigenvalue weighted by Crippen LogP contribution is -2.54. The Hall–Kier alpha value is -2.71. The molecule has 1 aromatic carbocycles. The fourth-order valence-electron chi connectivity index (χ4n) is 3.85. The van der Waals surface area contributed by atoms with Gasteiger partial charge in [0.2, 0.25) is 0 Å². The number of nitro benzene ring substituents is 1. The molecule has 2 aromatic rings. The highest BCUT2D eigenvalue weighted by atomic mass is 16.6. The molecule has 2 aliphatic carbocycles. The molecular weight excluding hydrogens is 374 g/mol. The number of furan rings is 1. The second-order valence-corrected chi connectivity index (χ2v) is 8.04. The Morgan fingerprint density at radius 2 is 2.07 bits per heavy atom. The van der Waals surface area contributed by atoms with Gasteiger partial charge in [0.15, 0.2) is 0 Å². The summed E-state index contributed by atoms with van der Waals surface area (Å²) in [6.45, 7) is 1.60. The van der Waals surface area contributed by atoms with Crippen LogP contribution in [0.3, 0.4) is 0 Å². The van der Waals surface area contributed by atoms with Crippen LogP contribution in [0, 0.1) is 16.0 Å². The molecule has 0 radical (unpaired) electrons. The highest BCUT2D eigenvalue weighted by molar-refractivity contribution is 5.69. The van der Waals surface area contributed by atoms with Crippen LogP contribution in [0.4, 0.5) is 5.69 Å². The van der Waals surface area contributed by atoms with Gasteiger partial charge in [-0.1, -0.05) is 12.1 Å². The molecule has 0 aliphatic heterocycles. The van der Waals surface area contributed by atoms with Crippen LogP contribution in [0.5, 0.6) is 0 Å². The van der Waals surface area contributed by atoms with Gasteiger partial charge < -0.3 is 14.8 Å². The maximum Gasteiger partial charge on any atom is 0.317 e. The summed E-state index contributed by atoms with van der Waals surface area (Å²) in [6, 6.07) is 10.8. The summed E-state index contributed by atoms with van der Waals surface area (Å²) in [7, 11) is 0. The number of hydrogen-bond acceptors (Lipinski definition) is 6. The first-order chi connectivity index (χ1) is 14.0. The molecule has 2 saturated carbocycles. The molecule has 0 bridgehead atoms. The molecule has 1 heterocycles. The minimum Gasteiger partial charge on any atom is -0.480 e. The number of rotatable bonds is 10. The molecule has 4 rings (SSSR count). The molecule has 0 saturated heterocycles. The van der Waals surface area contributed by atoms with Crippen molar-refractivity contribution in [2.75, 3.05) is 13.1 Å². The van der Waals surface area contributed by atoms with Gasteiger partial charge in [0, 0.05) is 36.3 Å². The van der Waals surface area contributed by atoms with Crippen LogP contribution in [0.1, 0.15) is 31.4 Å². The van der Waals surface area contributed by atoms with E-state index in [9.17, 15) is 14.9 Å². The highest BCUT2D eigenvalue weighted by Crippen LogP contribution is 2.34. The Balaban J connectivity index is 1.27. The summed E-state index contributed by atoms with van der Waals surface area (Å²) in [5, 5.41) is 23.5. The first-order valence-corrected chi connectivity index (χ1v) is 10.0. The number of carboxylic acids is 1. The standard InChI is InChI=1S/C21H25N3O5/c25-21(26)13-23(12-14-4-5-14)18-9-16(10-18)22-11-19-6-7-20(29-19)15-2-1-3-17(8-15)24(27)28/h1-3,6-8,14,16,18,22H,4-5,9-13H2,(H,25,26). The SMILES string of the molecule is O=C(O)CN(CC1CC1)C1CC(NCc2ccc(-c3cccc([N+](=O)[O-])c3)o2)C1. The monoisotopic (exact) mass is 399 g/mol. The van der Waals surface area contributed by atoms with Crippen LogP contribution in [0.25, 0.3) is 11.3 Å². The van der Waals surface area contributed by atoms with Gasteiger partial charge in [-0.3, -0.25) is 19.8 Å². The van der Waals surface area contributed by atoms with Crippen molar-refractivity contribution in [1.82, 2.24) is 10.2 Å².